The molecule has 21 heavy (non-hydrogen) atoms. The topological polar surface area (TPSA) is 68.0 Å². The Bertz CT molecular complexity index is 675. The standard InChI is InChI=1S/C13H13BrFN3O2S/c1-7(2)18-12(9-4-3-8(14)5-10(9)15)16-17-13(18)21-6-11(19)20/h3-5,7H,6H2,1-2H3,(H,19,20). The average Bonchev–Trinajstić information content (AvgIpc) is 2.80. The molecule has 0 atom stereocenters. The number of aliphatic carboxylic acids is 1. The van der Waals surface area contributed by atoms with Crippen LogP contribution in [-0.4, -0.2) is 31.6 Å². The quantitative estimate of drug-likeness (QED) is 0.810. The number of carboxylic acid groups (broad SMARTS) is 1. The number of thioether (sulfide) groups is 1. The minimum atomic E-state index is -0.935. The normalized spacial score (nSPS) is 11.1. The summed E-state index contributed by atoms with van der Waals surface area (Å²) in [4.78, 5) is 10.7. The molecule has 2 rings (SSSR count). The lowest BCUT2D eigenvalue weighted by Crippen LogP contribution is -2.07. The third-order valence-corrected chi connectivity index (χ3v) is 4.10. The monoisotopic (exact) mass is 373 g/mol. The first-order valence-corrected chi connectivity index (χ1v) is 7.93. The van der Waals surface area contributed by atoms with Gasteiger partial charge in [-0.15, -0.1) is 10.2 Å². The Kier molecular flexibility index (Phi) is 5.00. The van der Waals surface area contributed by atoms with Crippen molar-refractivity contribution in [1.82, 2.24) is 14.8 Å². The summed E-state index contributed by atoms with van der Waals surface area (Å²) in [5.74, 6) is -1.07. The van der Waals surface area contributed by atoms with E-state index < -0.39 is 11.8 Å². The number of carbonyl (C=O) groups is 1. The van der Waals surface area contributed by atoms with E-state index in [0.29, 0.717) is 21.0 Å². The highest BCUT2D eigenvalue weighted by Crippen LogP contribution is 2.30. The van der Waals surface area contributed by atoms with Gasteiger partial charge in [0.25, 0.3) is 0 Å². The summed E-state index contributed by atoms with van der Waals surface area (Å²) in [7, 11) is 0. The second-order valence-electron chi connectivity index (χ2n) is 4.58. The second-order valence-corrected chi connectivity index (χ2v) is 6.43. The molecular formula is C13H13BrFN3O2S. The van der Waals surface area contributed by atoms with Crippen molar-refractivity contribution in [2.45, 2.75) is 25.0 Å². The minimum absolute atomic E-state index is 0.0191. The molecule has 1 heterocycles. The molecule has 0 aliphatic carbocycles. The van der Waals surface area contributed by atoms with Gasteiger partial charge in [-0.1, -0.05) is 27.7 Å². The van der Waals surface area contributed by atoms with E-state index in [1.165, 1.54) is 6.07 Å². The lowest BCUT2D eigenvalue weighted by atomic mass is 10.2. The lowest BCUT2D eigenvalue weighted by molar-refractivity contribution is -0.133. The van der Waals surface area contributed by atoms with Crippen LogP contribution in [0.1, 0.15) is 19.9 Å². The molecule has 2 aromatic rings. The maximum atomic E-state index is 14.1. The summed E-state index contributed by atoms with van der Waals surface area (Å²) < 4.78 is 16.5. The number of rotatable bonds is 5. The summed E-state index contributed by atoms with van der Waals surface area (Å²) in [6.07, 6.45) is 0. The summed E-state index contributed by atoms with van der Waals surface area (Å²) in [5, 5.41) is 17.2. The highest BCUT2D eigenvalue weighted by Gasteiger charge is 2.20. The highest BCUT2D eigenvalue weighted by atomic mass is 79.9. The first-order valence-electron chi connectivity index (χ1n) is 6.15. The van der Waals surface area contributed by atoms with Gasteiger partial charge < -0.3 is 5.11 Å². The zero-order valence-corrected chi connectivity index (χ0v) is 13.8. The third kappa shape index (κ3) is 3.62. The van der Waals surface area contributed by atoms with E-state index in [2.05, 4.69) is 26.1 Å². The van der Waals surface area contributed by atoms with Crippen LogP contribution in [0.25, 0.3) is 11.4 Å². The Morgan fingerprint density at radius 2 is 2.19 bits per heavy atom. The van der Waals surface area contributed by atoms with Crippen LogP contribution in [0.3, 0.4) is 0 Å². The molecule has 112 valence electrons. The summed E-state index contributed by atoms with van der Waals surface area (Å²) in [6.45, 7) is 3.82. The lowest BCUT2D eigenvalue weighted by Gasteiger charge is -2.13. The van der Waals surface area contributed by atoms with Crippen molar-refractivity contribution < 1.29 is 14.3 Å². The predicted octanol–water partition coefficient (Wildman–Crippen LogP) is 3.60. The number of hydrogen-bond acceptors (Lipinski definition) is 4. The van der Waals surface area contributed by atoms with Gasteiger partial charge in [0.05, 0.1) is 11.3 Å². The van der Waals surface area contributed by atoms with Crippen LogP contribution in [0.15, 0.2) is 27.8 Å². The molecule has 0 spiro atoms. The van der Waals surface area contributed by atoms with Crippen LogP contribution in [0.5, 0.6) is 0 Å². The fraction of sp³-hybridized carbons (Fsp3) is 0.308. The zero-order chi connectivity index (χ0) is 15.6. The maximum absolute atomic E-state index is 14.1. The van der Waals surface area contributed by atoms with E-state index >= 15 is 0 Å². The SMILES string of the molecule is CC(C)n1c(SCC(=O)O)nnc1-c1ccc(Br)cc1F. The van der Waals surface area contributed by atoms with E-state index in [-0.39, 0.29) is 11.8 Å². The number of halogens is 2. The summed E-state index contributed by atoms with van der Waals surface area (Å²) >= 11 is 4.28. The van der Waals surface area contributed by atoms with Gasteiger partial charge in [0.1, 0.15) is 5.82 Å². The van der Waals surface area contributed by atoms with E-state index in [1.807, 2.05) is 13.8 Å². The van der Waals surface area contributed by atoms with Crippen molar-refractivity contribution in [3.63, 3.8) is 0 Å². The Morgan fingerprint density at radius 3 is 2.76 bits per heavy atom. The van der Waals surface area contributed by atoms with Gasteiger partial charge in [-0.05, 0) is 32.0 Å². The first-order chi connectivity index (χ1) is 9.90. The van der Waals surface area contributed by atoms with Gasteiger partial charge >= 0.3 is 5.97 Å². The van der Waals surface area contributed by atoms with Crippen LogP contribution in [0.2, 0.25) is 0 Å². The molecule has 0 radical (unpaired) electrons. The Morgan fingerprint density at radius 1 is 1.48 bits per heavy atom. The molecule has 0 saturated carbocycles. The zero-order valence-electron chi connectivity index (χ0n) is 11.4. The van der Waals surface area contributed by atoms with Crippen molar-refractivity contribution >= 4 is 33.7 Å². The molecule has 8 heteroatoms. The van der Waals surface area contributed by atoms with Gasteiger partial charge in [0.15, 0.2) is 11.0 Å². The van der Waals surface area contributed by atoms with Crippen molar-refractivity contribution in [3.8, 4) is 11.4 Å². The van der Waals surface area contributed by atoms with Crippen LogP contribution in [0, 0.1) is 5.82 Å². The third-order valence-electron chi connectivity index (χ3n) is 2.68. The van der Waals surface area contributed by atoms with Crippen LogP contribution in [0.4, 0.5) is 4.39 Å². The van der Waals surface area contributed by atoms with E-state index in [0.717, 1.165) is 11.8 Å². The number of nitrogens with zero attached hydrogens (tertiary/aromatic N) is 3. The number of aromatic nitrogens is 3. The molecule has 1 N–H and O–H groups in total. The molecule has 0 aliphatic heterocycles. The summed E-state index contributed by atoms with van der Waals surface area (Å²) in [5.41, 5.74) is 0.335. The average molecular weight is 374 g/mol. The van der Waals surface area contributed by atoms with Crippen LogP contribution in [-0.2, 0) is 4.79 Å². The van der Waals surface area contributed by atoms with Crippen LogP contribution >= 0.6 is 27.7 Å². The predicted molar refractivity (Wildman–Crippen MR) is 81.9 cm³/mol. The van der Waals surface area contributed by atoms with E-state index in [4.69, 9.17) is 5.11 Å². The van der Waals surface area contributed by atoms with E-state index in [1.54, 1.807) is 16.7 Å². The van der Waals surface area contributed by atoms with Crippen molar-refractivity contribution in [3.05, 3.63) is 28.5 Å². The molecule has 0 unspecified atom stereocenters. The fourth-order valence-corrected chi connectivity index (χ4v) is 2.94. The largest absolute Gasteiger partial charge is 0.481 e. The van der Waals surface area contributed by atoms with Gasteiger partial charge in [-0.25, -0.2) is 4.39 Å². The maximum Gasteiger partial charge on any atom is 0.313 e. The fourth-order valence-electron chi connectivity index (χ4n) is 1.82. The molecule has 0 bridgehead atoms. The summed E-state index contributed by atoms with van der Waals surface area (Å²) in [6, 6.07) is 4.68. The van der Waals surface area contributed by atoms with Crippen LogP contribution < -0.4 is 0 Å². The van der Waals surface area contributed by atoms with Gasteiger partial charge in [-0.3, -0.25) is 9.36 Å². The molecule has 0 aliphatic rings. The first kappa shape index (κ1) is 16.0. The van der Waals surface area contributed by atoms with Crippen molar-refractivity contribution in [1.29, 1.82) is 0 Å². The smallest absolute Gasteiger partial charge is 0.313 e. The second kappa shape index (κ2) is 6.57. The van der Waals surface area contributed by atoms with Gasteiger partial charge in [0.2, 0.25) is 0 Å². The molecule has 0 fully saturated rings. The number of carboxylic acids is 1. The Labute approximate surface area is 133 Å². The van der Waals surface area contributed by atoms with Crippen molar-refractivity contribution in [2.24, 2.45) is 0 Å². The van der Waals surface area contributed by atoms with Crippen molar-refractivity contribution in [2.75, 3.05) is 5.75 Å². The molecule has 1 aromatic heterocycles. The molecule has 5 nitrogen and oxygen atoms in total. The van der Waals surface area contributed by atoms with Gasteiger partial charge in [-0.2, -0.15) is 0 Å². The molecule has 1 aromatic carbocycles. The molecule has 0 saturated heterocycles. The molecular weight excluding hydrogens is 361 g/mol. The number of benzene rings is 1. The van der Waals surface area contributed by atoms with Gasteiger partial charge in [0, 0.05) is 10.5 Å². The van der Waals surface area contributed by atoms with E-state index in [9.17, 15) is 9.18 Å². The Hall–Kier alpha value is -1.41. The Balaban J connectivity index is 2.46. The minimum Gasteiger partial charge on any atom is -0.481 e. The number of hydrogen-bond donors (Lipinski definition) is 1. The highest BCUT2D eigenvalue weighted by molar-refractivity contribution is 9.10. The molecule has 0 amide bonds.